The fraction of sp³-hybridized carbons (Fsp3) is 0.308. The van der Waals surface area contributed by atoms with E-state index in [1.54, 1.807) is 25.3 Å². The van der Waals surface area contributed by atoms with E-state index in [-0.39, 0.29) is 11.8 Å². The normalized spacial score (nSPS) is 20.9. The van der Waals surface area contributed by atoms with Gasteiger partial charge in [-0.3, -0.25) is 0 Å². The standard InChI is InChI=1S/C13H10ClN3O2/c1-18-11-5-8(14)2-3-9(11)12-16-13(19-17-12)10-4-7(10)6-15/h2-3,5,7,10H,4H2,1H3. The fourth-order valence-electron chi connectivity index (χ4n) is 1.96. The molecule has 0 amide bonds. The van der Waals surface area contributed by atoms with Crippen LogP contribution in [0.25, 0.3) is 11.4 Å². The van der Waals surface area contributed by atoms with Crippen molar-refractivity contribution in [3.8, 4) is 23.2 Å². The number of nitrogens with zero attached hydrogens (tertiary/aromatic N) is 3. The van der Waals surface area contributed by atoms with Crippen LogP contribution in [-0.4, -0.2) is 17.3 Å². The first kappa shape index (κ1) is 12.0. The van der Waals surface area contributed by atoms with Crippen LogP contribution in [0.5, 0.6) is 5.75 Å². The van der Waals surface area contributed by atoms with Crippen molar-refractivity contribution in [1.29, 1.82) is 5.26 Å². The number of methoxy groups -OCH3 is 1. The molecule has 0 saturated heterocycles. The summed E-state index contributed by atoms with van der Waals surface area (Å²) in [7, 11) is 1.56. The number of hydrogen-bond donors (Lipinski definition) is 0. The lowest BCUT2D eigenvalue weighted by Gasteiger charge is -2.04. The fourth-order valence-corrected chi connectivity index (χ4v) is 2.12. The van der Waals surface area contributed by atoms with Gasteiger partial charge in [0.25, 0.3) is 0 Å². The number of benzene rings is 1. The topological polar surface area (TPSA) is 71.9 Å². The molecule has 0 spiro atoms. The van der Waals surface area contributed by atoms with Gasteiger partial charge in [0.2, 0.25) is 11.7 Å². The summed E-state index contributed by atoms with van der Waals surface area (Å²) in [6.07, 6.45) is 0.788. The average Bonchev–Trinajstić information content (AvgIpc) is 3.07. The summed E-state index contributed by atoms with van der Waals surface area (Å²) >= 11 is 5.91. The highest BCUT2D eigenvalue weighted by Gasteiger charge is 2.43. The van der Waals surface area contributed by atoms with Crippen LogP contribution in [0.3, 0.4) is 0 Å². The highest BCUT2D eigenvalue weighted by molar-refractivity contribution is 6.30. The second-order valence-corrected chi connectivity index (χ2v) is 4.82. The summed E-state index contributed by atoms with van der Waals surface area (Å²) in [6.45, 7) is 0. The van der Waals surface area contributed by atoms with E-state index in [4.69, 9.17) is 26.1 Å². The van der Waals surface area contributed by atoms with Gasteiger partial charge in [-0.2, -0.15) is 10.2 Å². The molecule has 0 radical (unpaired) electrons. The van der Waals surface area contributed by atoms with E-state index in [1.165, 1.54) is 0 Å². The summed E-state index contributed by atoms with van der Waals surface area (Å²) in [5.74, 6) is 1.63. The highest BCUT2D eigenvalue weighted by atomic mass is 35.5. The lowest BCUT2D eigenvalue weighted by Crippen LogP contribution is -1.90. The second-order valence-electron chi connectivity index (χ2n) is 4.38. The molecule has 1 aliphatic carbocycles. The Labute approximate surface area is 114 Å². The summed E-state index contributed by atoms with van der Waals surface area (Å²) in [5, 5.41) is 13.3. The molecule has 2 atom stereocenters. The van der Waals surface area contributed by atoms with Crippen LogP contribution in [0.15, 0.2) is 22.7 Å². The first-order valence-corrected chi connectivity index (χ1v) is 6.18. The second kappa shape index (κ2) is 4.56. The molecule has 1 aromatic heterocycles. The van der Waals surface area contributed by atoms with Gasteiger partial charge < -0.3 is 9.26 Å². The Morgan fingerprint density at radius 1 is 1.53 bits per heavy atom. The molecule has 1 fully saturated rings. The Morgan fingerprint density at radius 2 is 2.37 bits per heavy atom. The zero-order chi connectivity index (χ0) is 13.4. The molecule has 0 N–H and O–H groups in total. The van der Waals surface area contributed by atoms with Gasteiger partial charge in [0.05, 0.1) is 30.6 Å². The van der Waals surface area contributed by atoms with Crippen molar-refractivity contribution in [2.24, 2.45) is 5.92 Å². The van der Waals surface area contributed by atoms with E-state index in [9.17, 15) is 0 Å². The van der Waals surface area contributed by atoms with Crippen molar-refractivity contribution >= 4 is 11.6 Å². The summed E-state index contributed by atoms with van der Waals surface area (Å²) in [5.41, 5.74) is 0.719. The number of ether oxygens (including phenoxy) is 1. The maximum absolute atomic E-state index is 8.80. The monoisotopic (exact) mass is 275 g/mol. The minimum absolute atomic E-state index is 0.000383. The summed E-state index contributed by atoms with van der Waals surface area (Å²) in [4.78, 5) is 4.33. The maximum atomic E-state index is 8.80. The Balaban J connectivity index is 1.93. The third kappa shape index (κ3) is 2.15. The molecule has 3 rings (SSSR count). The first-order valence-electron chi connectivity index (χ1n) is 5.80. The van der Waals surface area contributed by atoms with Crippen LogP contribution in [0.2, 0.25) is 5.02 Å². The van der Waals surface area contributed by atoms with Crippen molar-refractivity contribution < 1.29 is 9.26 Å². The van der Waals surface area contributed by atoms with Gasteiger partial charge >= 0.3 is 0 Å². The van der Waals surface area contributed by atoms with Gasteiger partial charge in [-0.1, -0.05) is 16.8 Å². The lowest BCUT2D eigenvalue weighted by atomic mass is 10.2. The molecule has 6 heteroatoms. The van der Waals surface area contributed by atoms with E-state index >= 15 is 0 Å². The predicted octanol–water partition coefficient (Wildman–Crippen LogP) is 3.03. The van der Waals surface area contributed by atoms with Crippen molar-refractivity contribution in [2.75, 3.05) is 7.11 Å². The Hall–Kier alpha value is -2.06. The van der Waals surface area contributed by atoms with Crippen LogP contribution in [0.1, 0.15) is 18.2 Å². The molecule has 0 aliphatic heterocycles. The Bertz CT molecular complexity index is 662. The lowest BCUT2D eigenvalue weighted by molar-refractivity contribution is 0.377. The third-order valence-corrected chi connectivity index (χ3v) is 3.35. The van der Waals surface area contributed by atoms with Crippen molar-refractivity contribution in [3.63, 3.8) is 0 Å². The van der Waals surface area contributed by atoms with E-state index in [0.717, 1.165) is 12.0 Å². The minimum Gasteiger partial charge on any atom is -0.496 e. The zero-order valence-corrected chi connectivity index (χ0v) is 10.9. The molecule has 5 nitrogen and oxygen atoms in total. The van der Waals surface area contributed by atoms with Crippen LogP contribution in [-0.2, 0) is 0 Å². The molecule has 96 valence electrons. The highest BCUT2D eigenvalue weighted by Crippen LogP contribution is 2.46. The van der Waals surface area contributed by atoms with Crippen LogP contribution in [0.4, 0.5) is 0 Å². The quantitative estimate of drug-likeness (QED) is 0.861. The van der Waals surface area contributed by atoms with Gasteiger partial charge in [0.15, 0.2) is 0 Å². The van der Waals surface area contributed by atoms with Crippen molar-refractivity contribution in [3.05, 3.63) is 29.1 Å². The molecular formula is C13H10ClN3O2. The molecule has 19 heavy (non-hydrogen) atoms. The molecule has 2 aromatic rings. The van der Waals surface area contributed by atoms with Gasteiger partial charge in [-0.25, -0.2) is 0 Å². The van der Waals surface area contributed by atoms with E-state index in [1.807, 2.05) is 0 Å². The first-order chi connectivity index (χ1) is 9.22. The van der Waals surface area contributed by atoms with Crippen LogP contribution in [0, 0.1) is 17.2 Å². The number of halogens is 1. The Kier molecular flexibility index (Phi) is 2.88. The molecule has 1 aromatic carbocycles. The average molecular weight is 276 g/mol. The molecule has 1 aliphatic rings. The van der Waals surface area contributed by atoms with Crippen molar-refractivity contribution in [2.45, 2.75) is 12.3 Å². The largest absolute Gasteiger partial charge is 0.496 e. The van der Waals surface area contributed by atoms with Gasteiger partial charge in [-0.15, -0.1) is 0 Å². The van der Waals surface area contributed by atoms with E-state index < -0.39 is 0 Å². The molecule has 1 saturated carbocycles. The van der Waals surface area contributed by atoms with Crippen molar-refractivity contribution in [1.82, 2.24) is 10.1 Å². The SMILES string of the molecule is COc1cc(Cl)ccc1-c1noc(C2CC2C#N)n1. The number of nitriles is 1. The zero-order valence-electron chi connectivity index (χ0n) is 10.1. The summed E-state index contributed by atoms with van der Waals surface area (Å²) < 4.78 is 10.5. The molecule has 1 heterocycles. The third-order valence-electron chi connectivity index (χ3n) is 3.12. The summed E-state index contributed by atoms with van der Waals surface area (Å²) in [6, 6.07) is 7.42. The van der Waals surface area contributed by atoms with Crippen LogP contribution < -0.4 is 4.74 Å². The van der Waals surface area contributed by atoms with Gasteiger partial charge in [-0.05, 0) is 24.6 Å². The molecule has 0 bridgehead atoms. The number of hydrogen-bond acceptors (Lipinski definition) is 5. The van der Waals surface area contributed by atoms with E-state index in [0.29, 0.717) is 22.5 Å². The predicted molar refractivity (Wildman–Crippen MR) is 67.8 cm³/mol. The van der Waals surface area contributed by atoms with E-state index in [2.05, 4.69) is 16.2 Å². The van der Waals surface area contributed by atoms with Gasteiger partial charge in [0.1, 0.15) is 5.75 Å². The van der Waals surface area contributed by atoms with Crippen LogP contribution >= 0.6 is 11.6 Å². The van der Waals surface area contributed by atoms with Gasteiger partial charge in [0, 0.05) is 5.02 Å². The number of aromatic nitrogens is 2. The molecular weight excluding hydrogens is 266 g/mol. The Morgan fingerprint density at radius 3 is 3.05 bits per heavy atom. The molecule has 2 unspecified atom stereocenters. The minimum atomic E-state index is 0.000383. The smallest absolute Gasteiger partial charge is 0.231 e. The maximum Gasteiger partial charge on any atom is 0.231 e. The number of rotatable bonds is 3.